The van der Waals surface area contributed by atoms with Gasteiger partial charge in [0.15, 0.2) is 0 Å². The molecule has 0 spiro atoms. The molecule has 0 unspecified atom stereocenters. The first-order chi connectivity index (χ1) is 6.99. The van der Waals surface area contributed by atoms with Gasteiger partial charge >= 0.3 is 11.9 Å². The number of rotatable bonds is 2. The van der Waals surface area contributed by atoms with Gasteiger partial charge in [0, 0.05) is 20.3 Å². The molecule has 1 fully saturated rings. The van der Waals surface area contributed by atoms with Gasteiger partial charge < -0.3 is 14.2 Å². The highest BCUT2D eigenvalue weighted by Gasteiger charge is 2.32. The lowest BCUT2D eigenvalue weighted by molar-refractivity contribution is -0.179. The zero-order valence-electron chi connectivity index (χ0n) is 9.19. The minimum Gasteiger partial charge on any atom is -0.460 e. The topological polar surface area (TPSA) is 61.8 Å². The summed E-state index contributed by atoms with van der Waals surface area (Å²) in [5.74, 6) is -0.696. The van der Waals surface area contributed by atoms with Crippen molar-refractivity contribution in [2.75, 3.05) is 6.61 Å². The maximum Gasteiger partial charge on any atom is 0.302 e. The average molecular weight is 216 g/mol. The van der Waals surface area contributed by atoms with Gasteiger partial charge in [-0.15, -0.1) is 0 Å². The van der Waals surface area contributed by atoms with E-state index in [1.807, 2.05) is 6.92 Å². The van der Waals surface area contributed by atoms with Gasteiger partial charge in [-0.25, -0.2) is 0 Å². The lowest BCUT2D eigenvalue weighted by Crippen LogP contribution is -2.43. The molecule has 0 aromatic rings. The van der Waals surface area contributed by atoms with E-state index in [2.05, 4.69) is 0 Å². The predicted octanol–water partition coefficient (Wildman–Crippen LogP) is 0.659. The molecule has 0 aliphatic carbocycles. The van der Waals surface area contributed by atoms with Crippen LogP contribution in [0.15, 0.2) is 0 Å². The maximum absolute atomic E-state index is 10.8. The SMILES string of the molecule is CC(=O)O[C@H]1CO[C@@H](C)[C@H](OC(C)=O)C1. The molecule has 1 rings (SSSR count). The summed E-state index contributed by atoms with van der Waals surface area (Å²) in [5.41, 5.74) is 0. The Morgan fingerprint density at radius 1 is 1.20 bits per heavy atom. The van der Waals surface area contributed by atoms with Crippen LogP contribution in [0.25, 0.3) is 0 Å². The van der Waals surface area contributed by atoms with Gasteiger partial charge in [-0.2, -0.15) is 0 Å². The minimum atomic E-state index is -0.348. The molecule has 1 aliphatic rings. The molecule has 5 heteroatoms. The van der Waals surface area contributed by atoms with E-state index in [9.17, 15) is 9.59 Å². The standard InChI is InChI=1S/C10H16O5/c1-6-10(15-8(3)12)4-9(5-13-6)14-7(2)11/h6,9-10H,4-5H2,1-3H3/t6-,9+,10+/m0/s1. The first kappa shape index (κ1) is 12.0. The number of hydrogen-bond donors (Lipinski definition) is 0. The van der Waals surface area contributed by atoms with Gasteiger partial charge in [0.05, 0.1) is 12.7 Å². The molecule has 86 valence electrons. The van der Waals surface area contributed by atoms with Crippen molar-refractivity contribution in [3.05, 3.63) is 0 Å². The van der Waals surface area contributed by atoms with Crippen molar-refractivity contribution in [2.45, 2.75) is 45.5 Å². The summed E-state index contributed by atoms with van der Waals surface area (Å²) >= 11 is 0. The van der Waals surface area contributed by atoms with Gasteiger partial charge in [-0.1, -0.05) is 0 Å². The number of hydrogen-bond acceptors (Lipinski definition) is 5. The van der Waals surface area contributed by atoms with Crippen molar-refractivity contribution >= 4 is 11.9 Å². The first-order valence-electron chi connectivity index (χ1n) is 4.95. The van der Waals surface area contributed by atoms with Crippen LogP contribution in [0.2, 0.25) is 0 Å². The second-order valence-corrected chi connectivity index (χ2v) is 3.65. The highest BCUT2D eigenvalue weighted by molar-refractivity contribution is 5.66. The van der Waals surface area contributed by atoms with Gasteiger partial charge in [-0.05, 0) is 6.92 Å². The van der Waals surface area contributed by atoms with E-state index < -0.39 is 0 Å². The van der Waals surface area contributed by atoms with Crippen molar-refractivity contribution in [1.82, 2.24) is 0 Å². The highest BCUT2D eigenvalue weighted by Crippen LogP contribution is 2.19. The van der Waals surface area contributed by atoms with Crippen molar-refractivity contribution in [1.29, 1.82) is 0 Å². The van der Waals surface area contributed by atoms with Crippen LogP contribution in [0.1, 0.15) is 27.2 Å². The van der Waals surface area contributed by atoms with Gasteiger partial charge in [0.2, 0.25) is 0 Å². The first-order valence-corrected chi connectivity index (χ1v) is 4.95. The fraction of sp³-hybridized carbons (Fsp3) is 0.800. The Labute approximate surface area is 88.7 Å². The van der Waals surface area contributed by atoms with E-state index in [0.29, 0.717) is 13.0 Å². The van der Waals surface area contributed by atoms with E-state index in [0.717, 1.165) is 0 Å². The van der Waals surface area contributed by atoms with E-state index in [1.165, 1.54) is 13.8 Å². The monoisotopic (exact) mass is 216 g/mol. The molecule has 15 heavy (non-hydrogen) atoms. The fourth-order valence-electron chi connectivity index (χ4n) is 1.56. The second-order valence-electron chi connectivity index (χ2n) is 3.65. The van der Waals surface area contributed by atoms with E-state index in [4.69, 9.17) is 14.2 Å². The molecule has 0 aromatic carbocycles. The zero-order chi connectivity index (χ0) is 11.4. The van der Waals surface area contributed by atoms with Crippen molar-refractivity contribution in [3.63, 3.8) is 0 Å². The lowest BCUT2D eigenvalue weighted by Gasteiger charge is -2.33. The molecule has 1 aliphatic heterocycles. The summed E-state index contributed by atoms with van der Waals surface area (Å²) in [5, 5.41) is 0. The summed E-state index contributed by atoms with van der Waals surface area (Å²) in [7, 11) is 0. The molecule has 1 saturated heterocycles. The summed E-state index contributed by atoms with van der Waals surface area (Å²) < 4.78 is 15.4. The number of carbonyl (C=O) groups is 2. The van der Waals surface area contributed by atoms with Crippen LogP contribution >= 0.6 is 0 Å². The van der Waals surface area contributed by atoms with Crippen LogP contribution in [-0.2, 0) is 23.8 Å². The van der Waals surface area contributed by atoms with E-state index in [1.54, 1.807) is 0 Å². The third-order valence-corrected chi connectivity index (χ3v) is 2.21. The zero-order valence-corrected chi connectivity index (χ0v) is 9.19. The molecule has 1 heterocycles. The van der Waals surface area contributed by atoms with Crippen LogP contribution in [0.4, 0.5) is 0 Å². The molecule has 0 radical (unpaired) electrons. The number of esters is 2. The van der Waals surface area contributed by atoms with Gasteiger partial charge in [0.25, 0.3) is 0 Å². The van der Waals surface area contributed by atoms with Gasteiger partial charge in [0.1, 0.15) is 12.2 Å². The Morgan fingerprint density at radius 3 is 2.33 bits per heavy atom. The normalized spacial score (nSPS) is 30.7. The number of ether oxygens (including phenoxy) is 3. The Hall–Kier alpha value is -1.10. The second kappa shape index (κ2) is 5.11. The molecular weight excluding hydrogens is 200 g/mol. The molecule has 5 nitrogen and oxygen atoms in total. The number of carbonyl (C=O) groups excluding carboxylic acids is 2. The van der Waals surface area contributed by atoms with E-state index >= 15 is 0 Å². The fourth-order valence-corrected chi connectivity index (χ4v) is 1.56. The maximum atomic E-state index is 10.8. The average Bonchev–Trinajstić information content (AvgIpc) is 2.09. The molecule has 0 bridgehead atoms. The van der Waals surface area contributed by atoms with Crippen molar-refractivity contribution < 1.29 is 23.8 Å². The van der Waals surface area contributed by atoms with Crippen LogP contribution < -0.4 is 0 Å². The summed E-state index contributed by atoms with van der Waals surface area (Å²) in [6, 6.07) is 0. The molecule has 0 saturated carbocycles. The Kier molecular flexibility index (Phi) is 4.08. The van der Waals surface area contributed by atoms with Crippen LogP contribution in [-0.4, -0.2) is 36.9 Å². The molecule has 0 N–H and O–H groups in total. The van der Waals surface area contributed by atoms with Crippen molar-refractivity contribution in [2.24, 2.45) is 0 Å². The lowest BCUT2D eigenvalue weighted by atomic mass is 10.0. The van der Waals surface area contributed by atoms with Gasteiger partial charge in [-0.3, -0.25) is 9.59 Å². The Balaban J connectivity index is 2.47. The van der Waals surface area contributed by atoms with Crippen LogP contribution in [0, 0.1) is 0 Å². The minimum absolute atomic E-state index is 0.152. The smallest absolute Gasteiger partial charge is 0.302 e. The largest absolute Gasteiger partial charge is 0.460 e. The third kappa shape index (κ3) is 3.87. The summed E-state index contributed by atoms with van der Waals surface area (Å²) in [6.45, 7) is 4.89. The Morgan fingerprint density at radius 2 is 1.80 bits per heavy atom. The van der Waals surface area contributed by atoms with Crippen LogP contribution in [0.5, 0.6) is 0 Å². The Bertz CT molecular complexity index is 250. The van der Waals surface area contributed by atoms with Crippen molar-refractivity contribution in [3.8, 4) is 0 Å². The highest BCUT2D eigenvalue weighted by atomic mass is 16.6. The van der Waals surface area contributed by atoms with E-state index in [-0.39, 0.29) is 30.3 Å². The molecule has 0 amide bonds. The molecule has 3 atom stereocenters. The van der Waals surface area contributed by atoms with Crippen LogP contribution in [0.3, 0.4) is 0 Å². The predicted molar refractivity (Wildman–Crippen MR) is 51.1 cm³/mol. The quantitative estimate of drug-likeness (QED) is 0.634. The third-order valence-electron chi connectivity index (χ3n) is 2.21. The summed E-state index contributed by atoms with van der Waals surface area (Å²) in [4.78, 5) is 21.5. The molecular formula is C10H16O5. The summed E-state index contributed by atoms with van der Waals surface area (Å²) in [6.07, 6.45) is -0.301. The molecule has 0 aromatic heterocycles.